The van der Waals surface area contributed by atoms with E-state index >= 15 is 0 Å². The molecule has 1 aliphatic rings. The van der Waals surface area contributed by atoms with Gasteiger partial charge in [0.15, 0.2) is 0 Å². The van der Waals surface area contributed by atoms with Crippen molar-refractivity contribution in [2.75, 3.05) is 0 Å². The Hall–Kier alpha value is -0.890. The maximum absolute atomic E-state index is 6.32. The second kappa shape index (κ2) is 4.31. The molecule has 15 heavy (non-hydrogen) atoms. The molecule has 0 bridgehead atoms. The minimum Gasteiger partial charge on any atom is -0.325 e. The molecule has 2 nitrogen and oxygen atoms in total. The molecule has 2 heteroatoms. The molecule has 1 heterocycles. The first-order chi connectivity index (χ1) is 7.22. The smallest absolute Gasteiger partial charge is 0.0422 e. The van der Waals surface area contributed by atoms with E-state index in [1.807, 2.05) is 6.20 Å². The van der Waals surface area contributed by atoms with E-state index < -0.39 is 0 Å². The Morgan fingerprint density at radius 3 is 2.60 bits per heavy atom. The fourth-order valence-electron chi connectivity index (χ4n) is 2.39. The third-order valence-electron chi connectivity index (χ3n) is 3.43. The van der Waals surface area contributed by atoms with Crippen LogP contribution in [0.1, 0.15) is 43.9 Å². The summed E-state index contributed by atoms with van der Waals surface area (Å²) in [6.45, 7) is 2.15. The number of aromatic nitrogens is 1. The number of nitrogens with two attached hydrogens (primary N) is 1. The summed E-state index contributed by atoms with van der Waals surface area (Å²) in [5, 5.41) is 0. The van der Waals surface area contributed by atoms with Gasteiger partial charge in [0.05, 0.1) is 0 Å². The number of nitrogens with zero attached hydrogens (tertiary/aromatic N) is 1. The fourth-order valence-corrected chi connectivity index (χ4v) is 2.39. The molecule has 1 aromatic rings. The van der Waals surface area contributed by atoms with Crippen molar-refractivity contribution in [1.29, 1.82) is 0 Å². The molecule has 1 saturated carbocycles. The van der Waals surface area contributed by atoms with Crippen LogP contribution in [0.15, 0.2) is 18.3 Å². The molecular weight excluding hydrogens is 184 g/mol. The van der Waals surface area contributed by atoms with Crippen LogP contribution in [0, 0.1) is 0 Å². The van der Waals surface area contributed by atoms with E-state index in [-0.39, 0.29) is 5.54 Å². The molecule has 0 radical (unpaired) electrons. The van der Waals surface area contributed by atoms with Crippen LogP contribution in [0.25, 0.3) is 0 Å². The molecule has 0 aromatic carbocycles. The summed E-state index contributed by atoms with van der Waals surface area (Å²) in [6.07, 6.45) is 8.85. The van der Waals surface area contributed by atoms with E-state index in [4.69, 9.17) is 5.73 Å². The first kappa shape index (κ1) is 10.6. The monoisotopic (exact) mass is 204 g/mol. The Bertz CT molecular complexity index is 310. The van der Waals surface area contributed by atoms with E-state index in [1.54, 1.807) is 0 Å². The van der Waals surface area contributed by atoms with Gasteiger partial charge < -0.3 is 5.73 Å². The molecule has 1 fully saturated rings. The second-order valence-corrected chi connectivity index (χ2v) is 4.76. The van der Waals surface area contributed by atoms with Crippen LogP contribution in [0.5, 0.6) is 0 Å². The number of aryl methyl sites for hydroxylation is 1. The number of hydrogen-bond acceptors (Lipinski definition) is 2. The molecular formula is C13H20N2. The van der Waals surface area contributed by atoms with Crippen molar-refractivity contribution in [2.24, 2.45) is 5.73 Å². The maximum Gasteiger partial charge on any atom is 0.0422 e. The summed E-state index contributed by atoms with van der Waals surface area (Å²) in [4.78, 5) is 4.48. The van der Waals surface area contributed by atoms with Crippen molar-refractivity contribution >= 4 is 0 Å². The van der Waals surface area contributed by atoms with Gasteiger partial charge in [-0.05, 0) is 30.9 Å². The van der Waals surface area contributed by atoms with Crippen molar-refractivity contribution in [1.82, 2.24) is 4.98 Å². The van der Waals surface area contributed by atoms with Crippen molar-refractivity contribution < 1.29 is 0 Å². The lowest BCUT2D eigenvalue weighted by Crippen LogP contribution is -2.38. The van der Waals surface area contributed by atoms with Crippen LogP contribution in [-0.4, -0.2) is 10.5 Å². The van der Waals surface area contributed by atoms with E-state index in [0.29, 0.717) is 0 Å². The standard InChI is InChI=1S/C13H20N2/c1-2-11-5-6-12(15-10-11)9-13(14)7-3-4-8-13/h5-6,10H,2-4,7-9,14H2,1H3. The first-order valence-corrected chi connectivity index (χ1v) is 5.94. The molecule has 0 saturated heterocycles. The summed E-state index contributed by atoms with van der Waals surface area (Å²) in [5.41, 5.74) is 8.80. The van der Waals surface area contributed by atoms with Crippen molar-refractivity contribution in [3.05, 3.63) is 29.6 Å². The van der Waals surface area contributed by atoms with Crippen LogP contribution in [-0.2, 0) is 12.8 Å². The summed E-state index contributed by atoms with van der Waals surface area (Å²) < 4.78 is 0. The van der Waals surface area contributed by atoms with Crippen LogP contribution in [0.2, 0.25) is 0 Å². The summed E-state index contributed by atoms with van der Waals surface area (Å²) in [7, 11) is 0. The average molecular weight is 204 g/mol. The Kier molecular flexibility index (Phi) is 3.06. The van der Waals surface area contributed by atoms with Gasteiger partial charge in [0.2, 0.25) is 0 Å². The molecule has 1 aliphatic carbocycles. The first-order valence-electron chi connectivity index (χ1n) is 5.94. The number of hydrogen-bond donors (Lipinski definition) is 1. The Balaban J connectivity index is 2.04. The van der Waals surface area contributed by atoms with Gasteiger partial charge in [-0.15, -0.1) is 0 Å². The van der Waals surface area contributed by atoms with Crippen LogP contribution >= 0.6 is 0 Å². The summed E-state index contributed by atoms with van der Waals surface area (Å²) in [6, 6.07) is 4.30. The Morgan fingerprint density at radius 1 is 1.33 bits per heavy atom. The Morgan fingerprint density at radius 2 is 2.07 bits per heavy atom. The minimum absolute atomic E-state index is 0.0285. The van der Waals surface area contributed by atoms with Gasteiger partial charge in [0.25, 0.3) is 0 Å². The molecule has 2 N–H and O–H groups in total. The summed E-state index contributed by atoms with van der Waals surface area (Å²) >= 11 is 0. The largest absolute Gasteiger partial charge is 0.325 e. The lowest BCUT2D eigenvalue weighted by Gasteiger charge is -2.22. The summed E-state index contributed by atoms with van der Waals surface area (Å²) in [5.74, 6) is 0. The average Bonchev–Trinajstić information content (AvgIpc) is 2.66. The molecule has 82 valence electrons. The molecule has 0 unspecified atom stereocenters. The van der Waals surface area contributed by atoms with E-state index in [9.17, 15) is 0 Å². The van der Waals surface area contributed by atoms with Gasteiger partial charge in [-0.2, -0.15) is 0 Å². The highest BCUT2D eigenvalue weighted by Gasteiger charge is 2.29. The lowest BCUT2D eigenvalue weighted by atomic mass is 9.92. The van der Waals surface area contributed by atoms with Crippen LogP contribution in [0.4, 0.5) is 0 Å². The lowest BCUT2D eigenvalue weighted by molar-refractivity contribution is 0.432. The predicted molar refractivity (Wildman–Crippen MR) is 62.7 cm³/mol. The molecule has 1 aromatic heterocycles. The third kappa shape index (κ3) is 2.57. The van der Waals surface area contributed by atoms with Gasteiger partial charge in [0.1, 0.15) is 0 Å². The topological polar surface area (TPSA) is 38.9 Å². The van der Waals surface area contributed by atoms with Gasteiger partial charge in [-0.25, -0.2) is 0 Å². The van der Waals surface area contributed by atoms with Gasteiger partial charge in [0, 0.05) is 23.9 Å². The maximum atomic E-state index is 6.32. The van der Waals surface area contributed by atoms with E-state index in [1.165, 1.54) is 18.4 Å². The quantitative estimate of drug-likeness (QED) is 0.821. The van der Waals surface area contributed by atoms with Gasteiger partial charge in [-0.1, -0.05) is 25.8 Å². The Labute approximate surface area is 91.9 Å². The van der Waals surface area contributed by atoms with Gasteiger partial charge >= 0.3 is 0 Å². The van der Waals surface area contributed by atoms with Crippen LogP contribution in [0.3, 0.4) is 0 Å². The zero-order valence-corrected chi connectivity index (χ0v) is 9.50. The minimum atomic E-state index is 0.0285. The fraction of sp³-hybridized carbons (Fsp3) is 0.615. The molecule has 0 spiro atoms. The zero-order valence-electron chi connectivity index (χ0n) is 9.50. The van der Waals surface area contributed by atoms with Crippen molar-refractivity contribution in [3.8, 4) is 0 Å². The number of rotatable bonds is 3. The molecule has 0 atom stereocenters. The number of pyridine rings is 1. The predicted octanol–water partition coefficient (Wildman–Crippen LogP) is 2.46. The normalized spacial score (nSPS) is 19.3. The second-order valence-electron chi connectivity index (χ2n) is 4.76. The van der Waals surface area contributed by atoms with Gasteiger partial charge in [-0.3, -0.25) is 4.98 Å². The SMILES string of the molecule is CCc1ccc(CC2(N)CCCC2)nc1. The zero-order chi connectivity index (χ0) is 10.7. The molecule has 2 rings (SSSR count). The van der Waals surface area contributed by atoms with Crippen molar-refractivity contribution in [2.45, 2.75) is 51.0 Å². The van der Waals surface area contributed by atoms with E-state index in [2.05, 4.69) is 24.0 Å². The third-order valence-corrected chi connectivity index (χ3v) is 3.43. The van der Waals surface area contributed by atoms with Crippen molar-refractivity contribution in [3.63, 3.8) is 0 Å². The molecule has 0 amide bonds. The molecule has 0 aliphatic heterocycles. The van der Waals surface area contributed by atoms with Crippen LogP contribution < -0.4 is 5.73 Å². The highest BCUT2D eigenvalue weighted by Crippen LogP contribution is 2.29. The highest BCUT2D eigenvalue weighted by molar-refractivity contribution is 5.16. The van der Waals surface area contributed by atoms with E-state index in [0.717, 1.165) is 31.4 Å². The highest BCUT2D eigenvalue weighted by atomic mass is 14.8.